The number of nitrogens with one attached hydrogen (secondary N) is 1. The number of nitrogens with zero attached hydrogens (tertiary/aromatic N) is 1. The van der Waals surface area contributed by atoms with E-state index in [-0.39, 0.29) is 17.9 Å². The lowest BCUT2D eigenvalue weighted by Crippen LogP contribution is -2.14. The van der Waals surface area contributed by atoms with Crippen LogP contribution in [0.2, 0.25) is 0 Å². The Balaban J connectivity index is 1.55. The fraction of sp³-hybridized carbons (Fsp3) is 0.0714. The van der Waals surface area contributed by atoms with Gasteiger partial charge >= 0.3 is 6.18 Å². The van der Waals surface area contributed by atoms with E-state index >= 15 is 0 Å². The summed E-state index contributed by atoms with van der Waals surface area (Å²) in [7, 11) is 0. The molecule has 4 rings (SSSR count). The molecule has 35 heavy (non-hydrogen) atoms. The summed E-state index contributed by atoms with van der Waals surface area (Å²) >= 11 is 0. The lowest BCUT2D eigenvalue weighted by molar-refractivity contribution is -0.137. The second-order valence-electron chi connectivity index (χ2n) is 7.67. The molecule has 0 atom stereocenters. The SMILES string of the molecule is N#C/C(=C\c1ccccc1OCc1cccc2ccccc12)C(=O)Nc1cccc(C(F)(F)F)c1. The maximum absolute atomic E-state index is 13.0. The minimum Gasteiger partial charge on any atom is -0.488 e. The average molecular weight is 472 g/mol. The Hall–Kier alpha value is -4.57. The van der Waals surface area contributed by atoms with Crippen molar-refractivity contribution in [3.63, 3.8) is 0 Å². The number of halogens is 3. The van der Waals surface area contributed by atoms with Gasteiger partial charge in [0.15, 0.2) is 0 Å². The van der Waals surface area contributed by atoms with Gasteiger partial charge in [0, 0.05) is 11.3 Å². The fourth-order valence-corrected chi connectivity index (χ4v) is 3.58. The summed E-state index contributed by atoms with van der Waals surface area (Å²) in [5.74, 6) is -0.365. The van der Waals surface area contributed by atoms with Crippen LogP contribution in [-0.2, 0) is 17.6 Å². The fourth-order valence-electron chi connectivity index (χ4n) is 3.58. The first-order valence-corrected chi connectivity index (χ1v) is 10.6. The van der Waals surface area contributed by atoms with Crippen molar-refractivity contribution in [2.24, 2.45) is 0 Å². The number of carbonyl (C=O) groups is 1. The molecular weight excluding hydrogens is 453 g/mol. The molecule has 0 radical (unpaired) electrons. The minimum atomic E-state index is -4.55. The van der Waals surface area contributed by atoms with Gasteiger partial charge in [0.05, 0.1) is 5.56 Å². The zero-order valence-corrected chi connectivity index (χ0v) is 18.3. The number of amides is 1. The molecule has 1 N–H and O–H groups in total. The van der Waals surface area contributed by atoms with Crippen LogP contribution < -0.4 is 10.1 Å². The van der Waals surface area contributed by atoms with Crippen LogP contribution in [0.3, 0.4) is 0 Å². The summed E-state index contributed by atoms with van der Waals surface area (Å²) in [5.41, 5.74) is 0.230. The van der Waals surface area contributed by atoms with Crippen molar-refractivity contribution in [3.05, 3.63) is 113 Å². The third kappa shape index (κ3) is 5.68. The van der Waals surface area contributed by atoms with Crippen molar-refractivity contribution in [3.8, 4) is 11.8 Å². The monoisotopic (exact) mass is 472 g/mol. The van der Waals surface area contributed by atoms with E-state index in [0.29, 0.717) is 11.3 Å². The molecule has 0 aliphatic heterocycles. The van der Waals surface area contributed by atoms with Crippen LogP contribution in [0.4, 0.5) is 18.9 Å². The van der Waals surface area contributed by atoms with Crippen LogP contribution in [0.15, 0.2) is 96.6 Å². The lowest BCUT2D eigenvalue weighted by atomic mass is 10.1. The zero-order valence-electron chi connectivity index (χ0n) is 18.3. The molecule has 174 valence electrons. The highest BCUT2D eigenvalue weighted by atomic mass is 19.4. The topological polar surface area (TPSA) is 62.1 Å². The van der Waals surface area contributed by atoms with Gasteiger partial charge in [-0.2, -0.15) is 18.4 Å². The predicted molar refractivity (Wildman–Crippen MR) is 128 cm³/mol. The number of carbonyl (C=O) groups excluding carboxylic acids is 1. The number of hydrogen-bond acceptors (Lipinski definition) is 3. The average Bonchev–Trinajstić information content (AvgIpc) is 2.86. The highest BCUT2D eigenvalue weighted by molar-refractivity contribution is 6.09. The molecule has 0 spiro atoms. The van der Waals surface area contributed by atoms with E-state index in [2.05, 4.69) is 5.32 Å². The third-order valence-electron chi connectivity index (χ3n) is 5.29. The number of hydrogen-bond donors (Lipinski definition) is 1. The van der Waals surface area contributed by atoms with Crippen molar-refractivity contribution in [2.75, 3.05) is 5.32 Å². The summed E-state index contributed by atoms with van der Waals surface area (Å²) in [6.07, 6.45) is -3.20. The van der Waals surface area contributed by atoms with Gasteiger partial charge in [0.2, 0.25) is 0 Å². The molecular formula is C28H19F3N2O2. The molecule has 4 nitrogen and oxygen atoms in total. The number of benzene rings is 4. The Bertz CT molecular complexity index is 1450. The predicted octanol–water partition coefficient (Wildman–Crippen LogP) is 6.98. The molecule has 0 saturated heterocycles. The number of rotatable bonds is 6. The van der Waals surface area contributed by atoms with Gasteiger partial charge in [-0.05, 0) is 46.7 Å². The van der Waals surface area contributed by atoms with Crippen LogP contribution in [-0.4, -0.2) is 5.91 Å². The van der Waals surface area contributed by atoms with Crippen LogP contribution in [0.1, 0.15) is 16.7 Å². The van der Waals surface area contributed by atoms with Crippen molar-refractivity contribution in [1.82, 2.24) is 0 Å². The molecule has 0 heterocycles. The molecule has 0 unspecified atom stereocenters. The first-order valence-electron chi connectivity index (χ1n) is 10.6. The number of anilines is 1. The van der Waals surface area contributed by atoms with Gasteiger partial charge in [0.1, 0.15) is 24.0 Å². The van der Waals surface area contributed by atoms with Crippen molar-refractivity contribution < 1.29 is 22.7 Å². The minimum absolute atomic E-state index is 0.0635. The van der Waals surface area contributed by atoms with Crippen molar-refractivity contribution >= 4 is 28.4 Å². The number of fused-ring (bicyclic) bond motifs is 1. The number of para-hydroxylation sites is 1. The lowest BCUT2D eigenvalue weighted by Gasteiger charge is -2.12. The van der Waals surface area contributed by atoms with E-state index in [4.69, 9.17) is 4.74 Å². The smallest absolute Gasteiger partial charge is 0.416 e. The first kappa shape index (κ1) is 23.6. The number of nitriles is 1. The largest absolute Gasteiger partial charge is 0.488 e. The van der Waals surface area contributed by atoms with Crippen LogP contribution >= 0.6 is 0 Å². The number of alkyl halides is 3. The Morgan fingerprint density at radius 1 is 0.943 bits per heavy atom. The Morgan fingerprint density at radius 2 is 1.66 bits per heavy atom. The van der Waals surface area contributed by atoms with E-state index in [9.17, 15) is 23.2 Å². The molecule has 0 aliphatic carbocycles. The summed E-state index contributed by atoms with van der Waals surface area (Å²) in [6, 6.07) is 26.8. The molecule has 0 bridgehead atoms. The van der Waals surface area contributed by atoms with Crippen LogP contribution in [0.5, 0.6) is 5.75 Å². The second kappa shape index (κ2) is 10.1. The van der Waals surface area contributed by atoms with Gasteiger partial charge in [-0.15, -0.1) is 0 Å². The third-order valence-corrected chi connectivity index (χ3v) is 5.29. The van der Waals surface area contributed by atoms with Gasteiger partial charge < -0.3 is 10.1 Å². The van der Waals surface area contributed by atoms with Gasteiger partial charge in [0.25, 0.3) is 5.91 Å². The summed E-state index contributed by atoms with van der Waals surface area (Å²) in [4.78, 5) is 12.6. The molecule has 0 aliphatic rings. The molecule has 7 heteroatoms. The standard InChI is InChI=1S/C28H19F3N2O2/c29-28(30,31)23-11-6-12-24(16-23)33-27(34)22(17-32)15-20-8-2-4-14-26(20)35-18-21-10-5-9-19-7-1-3-13-25(19)21/h1-16H,18H2,(H,33,34)/b22-15+. The summed E-state index contributed by atoms with van der Waals surface area (Å²) in [6.45, 7) is 0.268. The van der Waals surface area contributed by atoms with Gasteiger partial charge in [-0.1, -0.05) is 66.7 Å². The molecule has 4 aromatic rings. The Morgan fingerprint density at radius 3 is 2.46 bits per heavy atom. The summed E-state index contributed by atoms with van der Waals surface area (Å²) < 4.78 is 44.9. The van der Waals surface area contributed by atoms with E-state index in [1.807, 2.05) is 48.5 Å². The molecule has 0 aromatic heterocycles. The van der Waals surface area contributed by atoms with Crippen molar-refractivity contribution in [2.45, 2.75) is 12.8 Å². The van der Waals surface area contributed by atoms with E-state index in [1.54, 1.807) is 24.3 Å². The highest BCUT2D eigenvalue weighted by Crippen LogP contribution is 2.31. The first-order chi connectivity index (χ1) is 16.8. The summed E-state index contributed by atoms with van der Waals surface area (Å²) in [5, 5.41) is 14.0. The van der Waals surface area contributed by atoms with E-state index in [0.717, 1.165) is 28.5 Å². The highest BCUT2D eigenvalue weighted by Gasteiger charge is 2.30. The van der Waals surface area contributed by atoms with Crippen molar-refractivity contribution in [1.29, 1.82) is 5.26 Å². The maximum atomic E-state index is 13.0. The second-order valence-corrected chi connectivity index (χ2v) is 7.67. The number of ether oxygens (including phenoxy) is 1. The maximum Gasteiger partial charge on any atom is 0.416 e. The van der Waals surface area contributed by atoms with E-state index < -0.39 is 17.6 Å². The quantitative estimate of drug-likeness (QED) is 0.243. The molecule has 0 saturated carbocycles. The molecule has 4 aromatic carbocycles. The normalized spacial score (nSPS) is 11.7. The van der Waals surface area contributed by atoms with Crippen LogP contribution in [0.25, 0.3) is 16.8 Å². The van der Waals surface area contributed by atoms with Gasteiger partial charge in [-0.3, -0.25) is 4.79 Å². The van der Waals surface area contributed by atoms with Gasteiger partial charge in [-0.25, -0.2) is 0 Å². The van der Waals surface area contributed by atoms with Crippen LogP contribution in [0, 0.1) is 11.3 Å². The Labute approximate surface area is 199 Å². The zero-order chi connectivity index (χ0) is 24.8. The molecule has 1 amide bonds. The molecule has 0 fully saturated rings. The van der Waals surface area contributed by atoms with E-state index in [1.165, 1.54) is 18.2 Å². The Kier molecular flexibility index (Phi) is 6.83.